The Morgan fingerprint density at radius 2 is 1.89 bits per heavy atom. The molecule has 1 amide bonds. The molecule has 0 aliphatic carbocycles. The molecule has 3 heterocycles. The van der Waals surface area contributed by atoms with Crippen molar-refractivity contribution in [2.75, 3.05) is 7.11 Å². The van der Waals surface area contributed by atoms with E-state index < -0.39 is 17.4 Å². The van der Waals surface area contributed by atoms with E-state index in [0.717, 1.165) is 40.7 Å². The van der Waals surface area contributed by atoms with E-state index in [-0.39, 0.29) is 21.4 Å². The van der Waals surface area contributed by atoms with Crippen LogP contribution in [0, 0.1) is 0 Å². The number of carbonyl (C=O) groups is 2. The molecule has 0 radical (unpaired) electrons. The van der Waals surface area contributed by atoms with Gasteiger partial charge in [0, 0.05) is 22.4 Å². The van der Waals surface area contributed by atoms with Gasteiger partial charge in [0.25, 0.3) is 5.91 Å². The molecule has 1 atom stereocenters. The van der Waals surface area contributed by atoms with Gasteiger partial charge in [-0.05, 0) is 43.2 Å². The number of rotatable bonds is 3. The zero-order valence-electron chi connectivity index (χ0n) is 19.8. The van der Waals surface area contributed by atoms with Gasteiger partial charge in [-0.2, -0.15) is 4.99 Å². The summed E-state index contributed by atoms with van der Waals surface area (Å²) in [6.45, 7) is 6.44. The van der Waals surface area contributed by atoms with E-state index in [1.165, 1.54) is 12.7 Å². The Kier molecular flexibility index (Phi) is 5.40. The Labute approximate surface area is 206 Å². The van der Waals surface area contributed by atoms with Crippen LogP contribution in [-0.2, 0) is 25.3 Å². The number of azo groups is 1. The van der Waals surface area contributed by atoms with Gasteiger partial charge >= 0.3 is 5.97 Å². The number of nitrogens with zero attached hydrogens (tertiary/aromatic N) is 4. The van der Waals surface area contributed by atoms with Crippen molar-refractivity contribution in [3.05, 3.63) is 70.6 Å². The minimum absolute atomic E-state index is 0.0107. The third-order valence-electron chi connectivity index (χ3n) is 6.63. The van der Waals surface area contributed by atoms with Crippen molar-refractivity contribution in [3.63, 3.8) is 0 Å². The molecule has 178 valence electrons. The fraction of sp³-hybridized carbons (Fsp3) is 0.269. The predicted molar refractivity (Wildman–Crippen MR) is 135 cm³/mol. The maximum absolute atomic E-state index is 12.1. The van der Waals surface area contributed by atoms with Gasteiger partial charge in [-0.25, -0.2) is 4.79 Å². The van der Waals surface area contributed by atoms with E-state index in [0.29, 0.717) is 5.69 Å². The van der Waals surface area contributed by atoms with Gasteiger partial charge < -0.3 is 14.4 Å². The molecule has 0 saturated heterocycles. The number of methoxy groups -OCH3 is 1. The van der Waals surface area contributed by atoms with Crippen LogP contribution >= 0.6 is 11.8 Å². The molecule has 1 aromatic heterocycles. The summed E-state index contributed by atoms with van der Waals surface area (Å²) >= 11 is 0.930. The van der Waals surface area contributed by atoms with Crippen molar-refractivity contribution in [1.82, 2.24) is 4.57 Å². The Hall–Kier alpha value is -3.72. The molecular formula is C26H24N4O4S. The highest BCUT2D eigenvalue weighted by Crippen LogP contribution is 2.54. The SMILES string of the molecule is COC(=O)/C=C1/SC(N=Nc2c(O)n3c4c(cccc24)C(C)(c2ccccc2)CC3(C)C)=NC1=O. The van der Waals surface area contributed by atoms with Crippen LogP contribution in [0.1, 0.15) is 38.3 Å². The van der Waals surface area contributed by atoms with Gasteiger partial charge in [0.2, 0.25) is 11.0 Å². The second kappa shape index (κ2) is 8.20. The average molecular weight is 489 g/mol. The molecule has 2 aliphatic heterocycles. The zero-order chi connectivity index (χ0) is 25.0. The molecule has 1 N–H and O–H groups in total. The fourth-order valence-corrected chi connectivity index (χ4v) is 5.94. The lowest BCUT2D eigenvalue weighted by atomic mass is 9.66. The predicted octanol–water partition coefficient (Wildman–Crippen LogP) is 5.56. The maximum atomic E-state index is 12.1. The van der Waals surface area contributed by atoms with Crippen LogP contribution in [0.2, 0.25) is 0 Å². The highest BCUT2D eigenvalue weighted by atomic mass is 32.2. The van der Waals surface area contributed by atoms with Crippen LogP contribution in [0.15, 0.2) is 74.7 Å². The van der Waals surface area contributed by atoms with Gasteiger partial charge in [0.05, 0.1) is 17.5 Å². The number of amides is 1. The van der Waals surface area contributed by atoms with Crippen molar-refractivity contribution in [2.45, 2.75) is 38.1 Å². The monoisotopic (exact) mass is 488 g/mol. The number of benzene rings is 2. The number of carbonyl (C=O) groups excluding carboxylic acids is 2. The van der Waals surface area contributed by atoms with Crippen LogP contribution in [0.25, 0.3) is 10.9 Å². The topological polar surface area (TPSA) is 106 Å². The highest BCUT2D eigenvalue weighted by molar-refractivity contribution is 8.18. The van der Waals surface area contributed by atoms with Crippen LogP contribution in [0.5, 0.6) is 5.88 Å². The van der Waals surface area contributed by atoms with E-state index >= 15 is 0 Å². The minimum Gasteiger partial charge on any atom is -0.493 e. The Morgan fingerprint density at radius 3 is 2.60 bits per heavy atom. The molecule has 0 fully saturated rings. The van der Waals surface area contributed by atoms with E-state index in [1.807, 2.05) is 34.9 Å². The van der Waals surface area contributed by atoms with Gasteiger partial charge in [-0.1, -0.05) is 55.5 Å². The van der Waals surface area contributed by atoms with E-state index in [4.69, 9.17) is 0 Å². The molecule has 3 aromatic rings. The quantitative estimate of drug-likeness (QED) is 0.295. The lowest BCUT2D eigenvalue weighted by molar-refractivity contribution is -0.135. The third kappa shape index (κ3) is 3.67. The Balaban J connectivity index is 1.62. The number of hydrogen-bond acceptors (Lipinski definition) is 7. The first kappa shape index (κ1) is 23.0. The van der Waals surface area contributed by atoms with Gasteiger partial charge in [0.1, 0.15) is 0 Å². The number of amidine groups is 1. The van der Waals surface area contributed by atoms with Crippen molar-refractivity contribution in [3.8, 4) is 5.88 Å². The molecule has 1 unspecified atom stereocenters. The lowest BCUT2D eigenvalue weighted by Crippen LogP contribution is -2.41. The summed E-state index contributed by atoms with van der Waals surface area (Å²) in [5.74, 6) is -1.22. The third-order valence-corrected chi connectivity index (χ3v) is 7.50. The fourth-order valence-electron chi connectivity index (χ4n) is 5.24. The van der Waals surface area contributed by atoms with Crippen molar-refractivity contribution >= 4 is 45.4 Å². The second-order valence-corrected chi connectivity index (χ2v) is 10.4. The summed E-state index contributed by atoms with van der Waals surface area (Å²) in [6.07, 6.45) is 1.85. The molecule has 0 saturated carbocycles. The number of aliphatic imine (C=N–C) groups is 1. The summed E-state index contributed by atoms with van der Waals surface area (Å²) in [5.41, 5.74) is 2.84. The number of esters is 1. The van der Waals surface area contributed by atoms with E-state index in [1.54, 1.807) is 0 Å². The standard InChI is InChI=1S/C26H24N4O4S/c1-25(2)14-26(3,15-9-6-5-7-10-15)17-12-8-11-16-20(23(33)30(25)21(16)17)28-29-24-27-22(32)18(35-24)13-19(31)34-4/h5-13,33H,14H2,1-4H3/b18-13+,29-28?. The van der Waals surface area contributed by atoms with Crippen LogP contribution < -0.4 is 0 Å². The van der Waals surface area contributed by atoms with Crippen molar-refractivity contribution in [1.29, 1.82) is 0 Å². The average Bonchev–Trinajstić information content (AvgIpc) is 3.33. The number of aromatic nitrogens is 1. The molecule has 0 spiro atoms. The first-order valence-corrected chi connectivity index (χ1v) is 11.9. The number of ether oxygens (including phenoxy) is 1. The van der Waals surface area contributed by atoms with E-state index in [9.17, 15) is 14.7 Å². The first-order valence-electron chi connectivity index (χ1n) is 11.1. The zero-order valence-corrected chi connectivity index (χ0v) is 20.6. The first-order chi connectivity index (χ1) is 16.7. The molecule has 9 heteroatoms. The van der Waals surface area contributed by atoms with Crippen LogP contribution in [0.3, 0.4) is 0 Å². The lowest BCUT2D eigenvalue weighted by Gasteiger charge is -2.45. The van der Waals surface area contributed by atoms with Gasteiger partial charge in [-0.15, -0.1) is 10.2 Å². The number of aromatic hydroxyl groups is 1. The maximum Gasteiger partial charge on any atom is 0.331 e. The Bertz CT molecular complexity index is 1470. The number of hydrogen-bond donors (Lipinski definition) is 1. The smallest absolute Gasteiger partial charge is 0.331 e. The van der Waals surface area contributed by atoms with Crippen LogP contribution in [-0.4, -0.2) is 33.8 Å². The largest absolute Gasteiger partial charge is 0.493 e. The number of thioether (sulfide) groups is 1. The van der Waals surface area contributed by atoms with Crippen molar-refractivity contribution < 1.29 is 19.4 Å². The normalized spacial score (nSPS) is 22.2. The summed E-state index contributed by atoms with van der Waals surface area (Å²) < 4.78 is 6.49. The molecule has 5 rings (SSSR count). The molecular weight excluding hydrogens is 464 g/mol. The summed E-state index contributed by atoms with van der Waals surface area (Å²) in [5, 5.41) is 20.6. The molecule has 2 aliphatic rings. The van der Waals surface area contributed by atoms with E-state index in [2.05, 4.69) is 58.9 Å². The summed E-state index contributed by atoms with van der Waals surface area (Å²) in [4.78, 5) is 27.5. The summed E-state index contributed by atoms with van der Waals surface area (Å²) in [7, 11) is 1.23. The van der Waals surface area contributed by atoms with Crippen molar-refractivity contribution in [2.24, 2.45) is 15.2 Å². The van der Waals surface area contributed by atoms with Crippen LogP contribution in [0.4, 0.5) is 5.69 Å². The molecule has 8 nitrogen and oxygen atoms in total. The second-order valence-electron chi connectivity index (χ2n) is 9.43. The summed E-state index contributed by atoms with van der Waals surface area (Å²) in [6, 6.07) is 16.3. The molecule has 2 aromatic carbocycles. The van der Waals surface area contributed by atoms with Gasteiger partial charge in [-0.3, -0.25) is 4.79 Å². The van der Waals surface area contributed by atoms with Gasteiger partial charge in [0.15, 0.2) is 5.69 Å². The molecule has 0 bridgehead atoms. The highest BCUT2D eigenvalue weighted by Gasteiger charge is 2.45. The number of para-hydroxylation sites is 1. The molecule has 35 heavy (non-hydrogen) atoms. The Morgan fingerprint density at radius 1 is 1.14 bits per heavy atom. The minimum atomic E-state index is -0.649.